The van der Waals surface area contributed by atoms with Gasteiger partial charge >= 0.3 is 0 Å². The summed E-state index contributed by atoms with van der Waals surface area (Å²) < 4.78 is 17.4. The summed E-state index contributed by atoms with van der Waals surface area (Å²) in [4.78, 5) is 0. The molecule has 2 aliphatic heterocycles. The van der Waals surface area contributed by atoms with Crippen molar-refractivity contribution in [1.82, 2.24) is 0 Å². The van der Waals surface area contributed by atoms with Crippen LogP contribution in [0, 0.1) is 5.92 Å². The van der Waals surface area contributed by atoms with E-state index in [0.717, 1.165) is 25.9 Å². The molecule has 0 amide bonds. The zero-order valence-electron chi connectivity index (χ0n) is 12.9. The van der Waals surface area contributed by atoms with E-state index in [1.54, 1.807) is 7.11 Å². The number of ether oxygens (including phenoxy) is 3. The van der Waals surface area contributed by atoms with E-state index in [9.17, 15) is 5.11 Å². The monoisotopic (exact) mass is 282 g/mol. The first-order valence-corrected chi connectivity index (χ1v) is 7.59. The Morgan fingerprint density at radius 3 is 2.70 bits per heavy atom. The lowest BCUT2D eigenvalue weighted by atomic mass is 9.68. The van der Waals surface area contributed by atoms with Crippen LogP contribution in [0.4, 0.5) is 0 Å². The van der Waals surface area contributed by atoms with Crippen molar-refractivity contribution in [3.63, 3.8) is 0 Å². The summed E-state index contributed by atoms with van der Waals surface area (Å²) in [7, 11) is 1.68. The predicted molar refractivity (Wildman–Crippen MR) is 75.5 cm³/mol. The molecular formula is C16H26O4. The van der Waals surface area contributed by atoms with Gasteiger partial charge in [-0.1, -0.05) is 11.6 Å². The van der Waals surface area contributed by atoms with Crippen LogP contribution in [0.25, 0.3) is 0 Å². The van der Waals surface area contributed by atoms with Crippen LogP contribution in [0.5, 0.6) is 0 Å². The van der Waals surface area contributed by atoms with E-state index in [0.29, 0.717) is 0 Å². The summed E-state index contributed by atoms with van der Waals surface area (Å²) in [6.45, 7) is 7.13. The number of hydrogen-bond donors (Lipinski definition) is 1. The molecule has 0 bridgehead atoms. The summed E-state index contributed by atoms with van der Waals surface area (Å²) in [6.07, 6.45) is 4.43. The van der Waals surface area contributed by atoms with Crippen LogP contribution in [0.1, 0.15) is 40.0 Å². The number of aliphatic hydroxyl groups excluding tert-OH is 1. The van der Waals surface area contributed by atoms with Gasteiger partial charge in [-0.05, 0) is 40.0 Å². The summed E-state index contributed by atoms with van der Waals surface area (Å²) in [5.74, 6) is 0.124. The number of methoxy groups -OCH3 is 1. The van der Waals surface area contributed by atoms with Gasteiger partial charge in [0.25, 0.3) is 0 Å². The van der Waals surface area contributed by atoms with Crippen molar-refractivity contribution in [2.75, 3.05) is 13.7 Å². The molecule has 2 saturated heterocycles. The third-order valence-electron chi connectivity index (χ3n) is 5.26. The van der Waals surface area contributed by atoms with Crippen molar-refractivity contribution < 1.29 is 19.3 Å². The molecule has 114 valence electrons. The van der Waals surface area contributed by atoms with Gasteiger partial charge in [0.2, 0.25) is 0 Å². The summed E-state index contributed by atoms with van der Waals surface area (Å²) >= 11 is 0. The second-order valence-electron chi connectivity index (χ2n) is 6.94. The first-order chi connectivity index (χ1) is 9.43. The molecule has 1 saturated carbocycles. The van der Waals surface area contributed by atoms with Crippen LogP contribution in [0.2, 0.25) is 0 Å². The maximum Gasteiger partial charge on any atom is 0.101 e. The fourth-order valence-electron chi connectivity index (χ4n) is 3.96. The molecule has 2 heterocycles. The second kappa shape index (κ2) is 4.80. The molecule has 3 aliphatic rings. The maximum absolute atomic E-state index is 10.2. The Morgan fingerprint density at radius 1 is 1.45 bits per heavy atom. The van der Waals surface area contributed by atoms with E-state index in [1.807, 2.05) is 0 Å². The minimum absolute atomic E-state index is 0.117. The van der Waals surface area contributed by atoms with Crippen LogP contribution >= 0.6 is 0 Å². The Hall–Kier alpha value is -0.420. The topological polar surface area (TPSA) is 54.5 Å². The van der Waals surface area contributed by atoms with Crippen LogP contribution in [0.3, 0.4) is 0 Å². The van der Waals surface area contributed by atoms with Crippen LogP contribution in [-0.4, -0.2) is 48.3 Å². The highest BCUT2D eigenvalue weighted by atomic mass is 16.6. The fourth-order valence-corrected chi connectivity index (χ4v) is 3.96. The maximum atomic E-state index is 10.2. The van der Waals surface area contributed by atoms with E-state index in [4.69, 9.17) is 14.2 Å². The molecule has 3 rings (SSSR count). The highest BCUT2D eigenvalue weighted by Crippen LogP contribution is 2.59. The van der Waals surface area contributed by atoms with Gasteiger partial charge in [0.05, 0.1) is 36.4 Å². The van der Waals surface area contributed by atoms with Gasteiger partial charge in [-0.25, -0.2) is 0 Å². The molecule has 0 aromatic carbocycles. The second-order valence-corrected chi connectivity index (χ2v) is 6.94. The standard InChI is InChI=1S/C16H26O4/c1-10(2)5-6-12-15(3,20-12)14-13(18-4)11(17)7-8-16(14)9-19-16/h5,11-14,17H,6-9H2,1-4H3/t11?,12-,13?,14?,15?,16+/m1/s1. The molecule has 4 heteroatoms. The molecule has 1 spiro atoms. The van der Waals surface area contributed by atoms with Gasteiger partial charge in [-0.2, -0.15) is 0 Å². The molecule has 20 heavy (non-hydrogen) atoms. The molecule has 1 N–H and O–H groups in total. The van der Waals surface area contributed by atoms with E-state index in [-0.39, 0.29) is 29.3 Å². The highest BCUT2D eigenvalue weighted by Gasteiger charge is 2.71. The van der Waals surface area contributed by atoms with E-state index in [1.165, 1.54) is 5.57 Å². The molecule has 0 aromatic heterocycles. The lowest BCUT2D eigenvalue weighted by Gasteiger charge is -2.41. The Morgan fingerprint density at radius 2 is 2.15 bits per heavy atom. The molecule has 6 atom stereocenters. The Labute approximate surface area is 121 Å². The zero-order valence-corrected chi connectivity index (χ0v) is 12.9. The number of hydrogen-bond acceptors (Lipinski definition) is 4. The van der Waals surface area contributed by atoms with Crippen molar-refractivity contribution in [3.8, 4) is 0 Å². The van der Waals surface area contributed by atoms with E-state index >= 15 is 0 Å². The van der Waals surface area contributed by atoms with Crippen molar-refractivity contribution in [1.29, 1.82) is 0 Å². The SMILES string of the molecule is COC1C(O)CC[C@]2(CO2)C1C1(C)O[C@@H]1CC=C(C)C. The minimum atomic E-state index is -0.412. The lowest BCUT2D eigenvalue weighted by molar-refractivity contribution is -0.116. The van der Waals surface area contributed by atoms with Crippen LogP contribution < -0.4 is 0 Å². The Kier molecular flexibility index (Phi) is 3.49. The summed E-state index contributed by atoms with van der Waals surface area (Å²) in [6, 6.07) is 0. The summed E-state index contributed by atoms with van der Waals surface area (Å²) in [5.41, 5.74) is 0.964. The normalized spacial score (nSPS) is 50.0. The molecular weight excluding hydrogens is 256 g/mol. The van der Waals surface area contributed by atoms with Crippen molar-refractivity contribution in [2.24, 2.45) is 5.92 Å². The Balaban J connectivity index is 1.78. The van der Waals surface area contributed by atoms with Gasteiger partial charge in [-0.3, -0.25) is 0 Å². The number of rotatable bonds is 4. The smallest absolute Gasteiger partial charge is 0.101 e. The predicted octanol–water partition coefficient (Wildman–Crippen LogP) is 2.06. The largest absolute Gasteiger partial charge is 0.390 e. The number of epoxide rings is 2. The van der Waals surface area contributed by atoms with Gasteiger partial charge in [0, 0.05) is 7.11 Å². The summed E-state index contributed by atoms with van der Waals surface area (Å²) in [5, 5.41) is 10.2. The first-order valence-electron chi connectivity index (χ1n) is 7.59. The quantitative estimate of drug-likeness (QED) is 0.633. The molecule has 4 nitrogen and oxygen atoms in total. The van der Waals surface area contributed by atoms with Gasteiger partial charge in [0.15, 0.2) is 0 Å². The molecule has 1 aliphatic carbocycles. The molecule has 0 aromatic rings. The Bertz CT molecular complexity index is 411. The van der Waals surface area contributed by atoms with Gasteiger partial charge in [-0.15, -0.1) is 0 Å². The number of allylic oxidation sites excluding steroid dienone is 1. The molecule has 0 radical (unpaired) electrons. The highest BCUT2D eigenvalue weighted by molar-refractivity contribution is 5.20. The third-order valence-corrected chi connectivity index (χ3v) is 5.26. The fraction of sp³-hybridized carbons (Fsp3) is 0.875. The van der Waals surface area contributed by atoms with Gasteiger partial charge < -0.3 is 19.3 Å². The number of aliphatic hydroxyl groups is 1. The lowest BCUT2D eigenvalue weighted by Crippen LogP contribution is -2.54. The molecule has 3 fully saturated rings. The van der Waals surface area contributed by atoms with Crippen LogP contribution in [-0.2, 0) is 14.2 Å². The van der Waals surface area contributed by atoms with Crippen molar-refractivity contribution in [3.05, 3.63) is 11.6 Å². The first kappa shape index (κ1) is 14.5. The van der Waals surface area contributed by atoms with Gasteiger partial charge in [0.1, 0.15) is 5.60 Å². The molecule has 4 unspecified atom stereocenters. The van der Waals surface area contributed by atoms with E-state index < -0.39 is 6.10 Å². The van der Waals surface area contributed by atoms with Crippen LogP contribution in [0.15, 0.2) is 11.6 Å². The van der Waals surface area contributed by atoms with Crippen molar-refractivity contribution in [2.45, 2.75) is 69.5 Å². The third kappa shape index (κ3) is 2.23. The average molecular weight is 282 g/mol. The average Bonchev–Trinajstić information content (AvgIpc) is 3.29. The zero-order chi connectivity index (χ0) is 14.5. The minimum Gasteiger partial charge on any atom is -0.390 e. The van der Waals surface area contributed by atoms with Crippen molar-refractivity contribution >= 4 is 0 Å². The van der Waals surface area contributed by atoms with E-state index in [2.05, 4.69) is 26.8 Å².